The number of nitrogens with zero attached hydrogens (tertiary/aromatic N) is 4. The predicted molar refractivity (Wildman–Crippen MR) is 104 cm³/mol. The molecule has 0 unspecified atom stereocenters. The molecule has 1 aliphatic rings. The molecule has 1 amide bonds. The highest BCUT2D eigenvalue weighted by atomic mass is 16.5. The molecule has 1 N–H and O–H groups in total. The maximum Gasteiger partial charge on any atom is 0.257 e. The molecule has 8 heteroatoms. The number of anilines is 2. The summed E-state index contributed by atoms with van der Waals surface area (Å²) >= 11 is 0. The second kappa shape index (κ2) is 8.10. The number of aromatic nitrogens is 3. The molecule has 0 atom stereocenters. The lowest BCUT2D eigenvalue weighted by Crippen LogP contribution is -2.40. The van der Waals surface area contributed by atoms with Crippen molar-refractivity contribution in [3.63, 3.8) is 0 Å². The number of carbonyl (C=O) groups excluding carboxylic acids is 1. The van der Waals surface area contributed by atoms with E-state index in [0.29, 0.717) is 43.6 Å². The summed E-state index contributed by atoms with van der Waals surface area (Å²) in [6, 6.07) is 15.1. The molecule has 0 spiro atoms. The second-order valence-corrected chi connectivity index (χ2v) is 6.29. The van der Waals surface area contributed by atoms with Crippen LogP contribution in [-0.4, -0.2) is 59.0 Å². The lowest BCUT2D eigenvalue weighted by atomic mass is 10.1. The molecule has 3 aromatic rings. The molecule has 0 bridgehead atoms. The van der Waals surface area contributed by atoms with Crippen molar-refractivity contribution in [1.29, 1.82) is 0 Å². The van der Waals surface area contributed by atoms with Gasteiger partial charge in [-0.25, -0.2) is 4.68 Å². The van der Waals surface area contributed by atoms with E-state index in [0.717, 1.165) is 11.4 Å². The Balaban J connectivity index is 1.51. The van der Waals surface area contributed by atoms with Crippen LogP contribution in [-0.2, 0) is 4.74 Å². The minimum Gasteiger partial charge on any atom is -0.496 e. The largest absolute Gasteiger partial charge is 0.496 e. The molecule has 0 saturated carbocycles. The van der Waals surface area contributed by atoms with E-state index in [1.165, 1.54) is 0 Å². The quantitative estimate of drug-likeness (QED) is 0.734. The molecular formula is C20H21N5O3. The van der Waals surface area contributed by atoms with Gasteiger partial charge in [0.2, 0.25) is 5.95 Å². The van der Waals surface area contributed by atoms with Gasteiger partial charge in [-0.2, -0.15) is 4.98 Å². The first-order chi connectivity index (χ1) is 13.7. The Kier molecular flexibility index (Phi) is 5.20. The number of ether oxygens (including phenoxy) is 2. The summed E-state index contributed by atoms with van der Waals surface area (Å²) in [4.78, 5) is 18.8. The molecule has 4 rings (SSSR count). The smallest absolute Gasteiger partial charge is 0.257 e. The number of methoxy groups -OCH3 is 1. The van der Waals surface area contributed by atoms with Crippen LogP contribution in [0.1, 0.15) is 10.4 Å². The highest BCUT2D eigenvalue weighted by molar-refractivity contribution is 5.97. The first kappa shape index (κ1) is 18.0. The van der Waals surface area contributed by atoms with Crippen LogP contribution < -0.4 is 10.1 Å². The van der Waals surface area contributed by atoms with Crippen molar-refractivity contribution in [3.05, 3.63) is 60.4 Å². The Morgan fingerprint density at radius 2 is 1.93 bits per heavy atom. The molecule has 1 fully saturated rings. The number of nitrogens with one attached hydrogen (secondary N) is 1. The molecule has 144 valence electrons. The number of morpholine rings is 1. The van der Waals surface area contributed by atoms with Crippen LogP contribution in [0.5, 0.6) is 5.75 Å². The van der Waals surface area contributed by atoms with Gasteiger partial charge in [-0.15, -0.1) is 5.10 Å². The van der Waals surface area contributed by atoms with Gasteiger partial charge in [-0.05, 0) is 24.3 Å². The van der Waals surface area contributed by atoms with Crippen molar-refractivity contribution in [3.8, 4) is 11.4 Å². The van der Waals surface area contributed by atoms with E-state index in [9.17, 15) is 4.79 Å². The highest BCUT2D eigenvalue weighted by Gasteiger charge is 2.22. The van der Waals surface area contributed by atoms with Crippen LogP contribution in [0.2, 0.25) is 0 Å². The number of hydrogen-bond donors (Lipinski definition) is 1. The van der Waals surface area contributed by atoms with Gasteiger partial charge in [0, 0.05) is 24.8 Å². The third kappa shape index (κ3) is 3.81. The van der Waals surface area contributed by atoms with Crippen molar-refractivity contribution in [2.75, 3.05) is 38.7 Å². The predicted octanol–water partition coefficient (Wildman–Crippen LogP) is 2.49. The molecule has 1 saturated heterocycles. The maximum atomic E-state index is 12.8. The lowest BCUT2D eigenvalue weighted by Gasteiger charge is -2.27. The summed E-state index contributed by atoms with van der Waals surface area (Å²) in [6.45, 7) is 2.29. The summed E-state index contributed by atoms with van der Waals surface area (Å²) in [7, 11) is 1.55. The molecule has 1 aliphatic heterocycles. The Labute approximate surface area is 162 Å². The molecule has 0 radical (unpaired) electrons. The van der Waals surface area contributed by atoms with E-state index in [1.807, 2.05) is 36.4 Å². The minimum atomic E-state index is -0.0572. The zero-order valence-corrected chi connectivity index (χ0v) is 15.5. The number of carbonyl (C=O) groups is 1. The highest BCUT2D eigenvalue weighted by Crippen LogP contribution is 2.26. The van der Waals surface area contributed by atoms with Crippen molar-refractivity contribution < 1.29 is 14.3 Å². The lowest BCUT2D eigenvalue weighted by molar-refractivity contribution is 0.0301. The molecule has 1 aromatic heterocycles. The van der Waals surface area contributed by atoms with Gasteiger partial charge in [0.05, 0.1) is 31.6 Å². The van der Waals surface area contributed by atoms with Crippen molar-refractivity contribution in [1.82, 2.24) is 19.7 Å². The minimum absolute atomic E-state index is 0.0572. The molecule has 2 aromatic carbocycles. The van der Waals surface area contributed by atoms with E-state index < -0.39 is 0 Å². The Morgan fingerprint density at radius 1 is 1.14 bits per heavy atom. The maximum absolute atomic E-state index is 12.8. The van der Waals surface area contributed by atoms with Crippen molar-refractivity contribution >= 4 is 17.5 Å². The van der Waals surface area contributed by atoms with Crippen LogP contribution in [0.25, 0.3) is 5.69 Å². The first-order valence-electron chi connectivity index (χ1n) is 9.04. The fourth-order valence-electron chi connectivity index (χ4n) is 3.04. The summed E-state index contributed by atoms with van der Waals surface area (Å²) in [5.41, 5.74) is 2.19. The van der Waals surface area contributed by atoms with Gasteiger partial charge >= 0.3 is 0 Å². The first-order valence-corrected chi connectivity index (χ1v) is 9.04. The number of hydrogen-bond acceptors (Lipinski definition) is 6. The van der Waals surface area contributed by atoms with E-state index in [4.69, 9.17) is 9.47 Å². The summed E-state index contributed by atoms with van der Waals surface area (Å²) in [5.74, 6) is 0.903. The summed E-state index contributed by atoms with van der Waals surface area (Å²) in [6.07, 6.45) is 1.64. The van der Waals surface area contributed by atoms with E-state index in [-0.39, 0.29) is 5.91 Å². The molecule has 2 heterocycles. The molecule has 8 nitrogen and oxygen atoms in total. The standard InChI is InChI=1S/C20H21N5O3/c1-27-18-13-15(7-8-17(18)19(26)24-9-11-28-12-10-24)22-20-21-14-25(23-20)16-5-3-2-4-6-16/h2-8,13-14H,9-12H2,1H3,(H,22,23). The average molecular weight is 379 g/mol. The van der Waals surface area contributed by atoms with Crippen molar-refractivity contribution in [2.45, 2.75) is 0 Å². The van der Waals surface area contributed by atoms with Crippen LogP contribution in [0.15, 0.2) is 54.9 Å². The Morgan fingerprint density at radius 3 is 2.68 bits per heavy atom. The third-order valence-corrected chi connectivity index (χ3v) is 4.50. The third-order valence-electron chi connectivity index (χ3n) is 4.50. The second-order valence-electron chi connectivity index (χ2n) is 6.29. The van der Waals surface area contributed by atoms with Crippen LogP contribution in [0.4, 0.5) is 11.6 Å². The van der Waals surface area contributed by atoms with Crippen molar-refractivity contribution in [2.24, 2.45) is 0 Å². The Hall–Kier alpha value is -3.39. The van der Waals surface area contributed by atoms with Gasteiger partial charge in [0.15, 0.2) is 0 Å². The average Bonchev–Trinajstić information content (AvgIpc) is 3.23. The Bertz CT molecular complexity index is 951. The molecule has 28 heavy (non-hydrogen) atoms. The number of benzene rings is 2. The van der Waals surface area contributed by atoms with E-state index in [1.54, 1.807) is 35.2 Å². The monoisotopic (exact) mass is 379 g/mol. The van der Waals surface area contributed by atoms with Gasteiger partial charge in [0.25, 0.3) is 5.91 Å². The summed E-state index contributed by atoms with van der Waals surface area (Å²) in [5, 5.41) is 7.57. The van der Waals surface area contributed by atoms with Gasteiger partial charge in [-0.1, -0.05) is 18.2 Å². The fourth-order valence-corrected chi connectivity index (χ4v) is 3.04. The molecule has 0 aliphatic carbocycles. The summed E-state index contributed by atoms with van der Waals surface area (Å²) < 4.78 is 12.4. The zero-order chi connectivity index (χ0) is 19.3. The number of para-hydroxylation sites is 1. The van der Waals surface area contributed by atoms with E-state index in [2.05, 4.69) is 15.4 Å². The topological polar surface area (TPSA) is 81.5 Å². The van der Waals surface area contributed by atoms with Gasteiger partial charge < -0.3 is 19.7 Å². The number of amides is 1. The molecular weight excluding hydrogens is 358 g/mol. The van der Waals surface area contributed by atoms with Crippen LogP contribution in [0.3, 0.4) is 0 Å². The number of rotatable bonds is 5. The van der Waals surface area contributed by atoms with Gasteiger partial charge in [-0.3, -0.25) is 4.79 Å². The SMILES string of the molecule is COc1cc(Nc2ncn(-c3ccccc3)n2)ccc1C(=O)N1CCOCC1. The zero-order valence-electron chi connectivity index (χ0n) is 15.5. The van der Waals surface area contributed by atoms with Crippen LogP contribution >= 0.6 is 0 Å². The van der Waals surface area contributed by atoms with Gasteiger partial charge in [0.1, 0.15) is 12.1 Å². The fraction of sp³-hybridized carbons (Fsp3) is 0.250. The van der Waals surface area contributed by atoms with E-state index >= 15 is 0 Å². The normalized spacial score (nSPS) is 14.0. The van der Waals surface area contributed by atoms with Crippen LogP contribution in [0, 0.1) is 0 Å².